The van der Waals surface area contributed by atoms with Crippen LogP contribution in [-0.2, 0) is 25.6 Å². The first-order valence-electron chi connectivity index (χ1n) is 6.28. The van der Waals surface area contributed by atoms with Crippen LogP contribution in [-0.4, -0.2) is 27.0 Å². The van der Waals surface area contributed by atoms with Crippen LogP contribution < -0.4 is 5.14 Å². The highest BCUT2D eigenvalue weighted by Gasteiger charge is 2.26. The largest absolute Gasteiger partial charge is 0.506 e. The van der Waals surface area contributed by atoms with Crippen LogP contribution in [0.3, 0.4) is 0 Å². The second-order valence-corrected chi connectivity index (χ2v) is 10.2. The van der Waals surface area contributed by atoms with Gasteiger partial charge in [-0.15, -0.1) is 0 Å². The van der Waals surface area contributed by atoms with E-state index in [0.717, 1.165) is 18.2 Å². The molecule has 0 spiro atoms. The summed E-state index contributed by atoms with van der Waals surface area (Å²) in [7, 11) is -8.54. The maximum atomic E-state index is 12.6. The molecule has 136 valence electrons. The summed E-state index contributed by atoms with van der Waals surface area (Å²) in [6, 6.07) is 4.40. The number of halogens is 3. The third kappa shape index (κ3) is 4.39. The lowest BCUT2D eigenvalue weighted by Gasteiger charge is -2.12. The molecule has 0 bridgehead atoms. The quantitative estimate of drug-likeness (QED) is 0.603. The van der Waals surface area contributed by atoms with Crippen molar-refractivity contribution in [1.29, 1.82) is 0 Å². The SMILES string of the molecule is NS(=O)(=O)c1cc(Cl)cc(CS(=O)(=O)c2cc(Br)cc(Cl)c2O)c1O. The Hall–Kier alpha value is -1.04. The van der Waals surface area contributed by atoms with Crippen LogP contribution in [0.15, 0.2) is 38.5 Å². The van der Waals surface area contributed by atoms with Gasteiger partial charge in [0.25, 0.3) is 0 Å². The van der Waals surface area contributed by atoms with E-state index < -0.39 is 46.9 Å². The zero-order chi connectivity index (χ0) is 19.2. The topological polar surface area (TPSA) is 135 Å². The molecular weight excluding hydrogens is 481 g/mol. The molecule has 2 aromatic rings. The summed E-state index contributed by atoms with van der Waals surface area (Å²) < 4.78 is 48.4. The molecule has 0 aromatic heterocycles. The number of hydrogen-bond acceptors (Lipinski definition) is 6. The number of nitrogens with two attached hydrogens (primary N) is 1. The standard InChI is InChI=1S/C13H10BrCl2NO6S2/c14-7-2-9(16)13(19)10(3-7)24(20,21)5-6-1-8(15)4-11(12(6)18)25(17,22)23/h1-4,18-19H,5H2,(H2,17,22,23). The van der Waals surface area contributed by atoms with E-state index >= 15 is 0 Å². The van der Waals surface area contributed by atoms with Crippen LogP contribution in [0.1, 0.15) is 5.56 Å². The number of sulfonamides is 1. The smallest absolute Gasteiger partial charge is 0.241 e. The summed E-state index contributed by atoms with van der Waals surface area (Å²) >= 11 is 14.6. The maximum Gasteiger partial charge on any atom is 0.241 e. The van der Waals surface area contributed by atoms with Crippen LogP contribution in [0.5, 0.6) is 11.5 Å². The molecule has 0 amide bonds. The molecule has 0 atom stereocenters. The van der Waals surface area contributed by atoms with Crippen molar-refractivity contribution in [2.45, 2.75) is 15.5 Å². The summed E-state index contributed by atoms with van der Waals surface area (Å²) in [5, 5.41) is 24.6. The lowest BCUT2D eigenvalue weighted by molar-refractivity contribution is 0.451. The molecule has 0 saturated heterocycles. The zero-order valence-corrected chi connectivity index (χ0v) is 16.8. The van der Waals surface area contributed by atoms with Gasteiger partial charge in [-0.05, 0) is 24.3 Å². The van der Waals surface area contributed by atoms with Gasteiger partial charge in [-0.25, -0.2) is 22.0 Å². The number of phenols is 2. The van der Waals surface area contributed by atoms with Gasteiger partial charge in [0.1, 0.15) is 15.5 Å². The van der Waals surface area contributed by atoms with Gasteiger partial charge < -0.3 is 10.2 Å². The molecule has 0 aliphatic heterocycles. The molecule has 2 rings (SSSR count). The van der Waals surface area contributed by atoms with E-state index in [1.807, 2.05) is 0 Å². The van der Waals surface area contributed by atoms with E-state index in [0.29, 0.717) is 4.47 Å². The minimum atomic E-state index is -4.33. The van der Waals surface area contributed by atoms with Gasteiger partial charge in [0, 0.05) is 15.1 Å². The second kappa shape index (κ2) is 6.93. The van der Waals surface area contributed by atoms with Crippen molar-refractivity contribution in [3.8, 4) is 11.5 Å². The summed E-state index contributed by atoms with van der Waals surface area (Å²) in [6.07, 6.45) is 0. The fourth-order valence-electron chi connectivity index (χ4n) is 2.02. The number of aromatic hydroxyl groups is 2. The van der Waals surface area contributed by atoms with Gasteiger partial charge >= 0.3 is 0 Å². The van der Waals surface area contributed by atoms with E-state index in [9.17, 15) is 27.0 Å². The first kappa shape index (κ1) is 20.3. The average Bonchev–Trinajstić information content (AvgIpc) is 2.44. The normalized spacial score (nSPS) is 12.3. The molecule has 0 heterocycles. The summed E-state index contributed by atoms with van der Waals surface area (Å²) in [6.45, 7) is 0. The predicted molar refractivity (Wildman–Crippen MR) is 96.2 cm³/mol. The van der Waals surface area contributed by atoms with E-state index in [-0.39, 0.29) is 15.6 Å². The molecule has 0 radical (unpaired) electrons. The first-order chi connectivity index (χ1) is 11.3. The minimum Gasteiger partial charge on any atom is -0.506 e. The van der Waals surface area contributed by atoms with Crippen molar-refractivity contribution in [2.24, 2.45) is 5.14 Å². The van der Waals surface area contributed by atoms with Gasteiger partial charge in [0.05, 0.1) is 10.8 Å². The van der Waals surface area contributed by atoms with E-state index in [1.165, 1.54) is 6.07 Å². The fraction of sp³-hybridized carbons (Fsp3) is 0.0769. The Morgan fingerprint density at radius 3 is 2.12 bits per heavy atom. The summed E-state index contributed by atoms with van der Waals surface area (Å²) in [4.78, 5) is -1.20. The number of phenolic OH excluding ortho intramolecular Hbond substituents is 2. The summed E-state index contributed by atoms with van der Waals surface area (Å²) in [5.41, 5.74) is -0.299. The molecular formula is C13H10BrCl2NO6S2. The van der Waals surface area contributed by atoms with Crippen LogP contribution in [0.25, 0.3) is 0 Å². The van der Waals surface area contributed by atoms with E-state index in [1.54, 1.807) is 0 Å². The Morgan fingerprint density at radius 2 is 1.56 bits per heavy atom. The molecule has 4 N–H and O–H groups in total. The molecule has 25 heavy (non-hydrogen) atoms. The van der Waals surface area contributed by atoms with Gasteiger partial charge in [-0.1, -0.05) is 39.1 Å². The lowest BCUT2D eigenvalue weighted by atomic mass is 10.2. The number of rotatable bonds is 4. The van der Waals surface area contributed by atoms with Crippen molar-refractivity contribution >= 4 is 59.0 Å². The Labute approximate surface area is 162 Å². The third-order valence-corrected chi connectivity index (χ3v) is 6.66. The number of primary sulfonamides is 1. The first-order valence-corrected chi connectivity index (χ1v) is 11.0. The third-order valence-electron chi connectivity index (χ3n) is 3.10. The van der Waals surface area contributed by atoms with E-state index in [2.05, 4.69) is 15.9 Å². The van der Waals surface area contributed by atoms with E-state index in [4.69, 9.17) is 28.3 Å². The maximum absolute atomic E-state index is 12.6. The molecule has 12 heteroatoms. The van der Waals surface area contributed by atoms with Gasteiger partial charge in [-0.3, -0.25) is 0 Å². The van der Waals surface area contributed by atoms with Crippen molar-refractivity contribution in [1.82, 2.24) is 0 Å². The van der Waals surface area contributed by atoms with Crippen molar-refractivity contribution in [3.05, 3.63) is 44.3 Å². The summed E-state index contributed by atoms with van der Waals surface area (Å²) in [5.74, 6) is -2.35. The highest BCUT2D eigenvalue weighted by atomic mass is 79.9. The monoisotopic (exact) mass is 489 g/mol. The van der Waals surface area contributed by atoms with Crippen LogP contribution >= 0.6 is 39.1 Å². The molecule has 0 saturated carbocycles. The average molecular weight is 491 g/mol. The molecule has 0 aliphatic carbocycles. The van der Waals surface area contributed by atoms with Gasteiger partial charge in [-0.2, -0.15) is 0 Å². The van der Waals surface area contributed by atoms with Crippen LogP contribution in [0.4, 0.5) is 0 Å². The van der Waals surface area contributed by atoms with Crippen molar-refractivity contribution in [3.63, 3.8) is 0 Å². The minimum absolute atomic E-state index is 0.136. The molecule has 2 aromatic carbocycles. The Bertz CT molecular complexity index is 1070. The Morgan fingerprint density at radius 1 is 0.960 bits per heavy atom. The second-order valence-electron chi connectivity index (χ2n) is 4.95. The van der Waals surface area contributed by atoms with Gasteiger partial charge in [0.15, 0.2) is 15.6 Å². The number of sulfone groups is 1. The van der Waals surface area contributed by atoms with Crippen LogP contribution in [0, 0.1) is 0 Å². The van der Waals surface area contributed by atoms with Crippen LogP contribution in [0.2, 0.25) is 10.0 Å². The zero-order valence-electron chi connectivity index (χ0n) is 12.1. The van der Waals surface area contributed by atoms with Crippen molar-refractivity contribution in [2.75, 3.05) is 0 Å². The molecule has 0 unspecified atom stereocenters. The lowest BCUT2D eigenvalue weighted by Crippen LogP contribution is -2.14. The van der Waals surface area contributed by atoms with Gasteiger partial charge in [0.2, 0.25) is 10.0 Å². The number of benzene rings is 2. The Balaban J connectivity index is 2.62. The Kier molecular flexibility index (Phi) is 5.62. The molecule has 0 aliphatic rings. The number of hydrogen-bond donors (Lipinski definition) is 3. The fourth-order valence-corrected chi connectivity index (χ4v) is 5.53. The molecule has 7 nitrogen and oxygen atoms in total. The highest BCUT2D eigenvalue weighted by molar-refractivity contribution is 9.10. The predicted octanol–water partition coefficient (Wildman–Crippen LogP) is 2.79. The molecule has 0 fully saturated rings. The van der Waals surface area contributed by atoms with Crippen molar-refractivity contribution < 1.29 is 27.0 Å². The highest BCUT2D eigenvalue weighted by Crippen LogP contribution is 2.38.